The number of nitrogens with zero attached hydrogens (tertiary/aromatic N) is 2. The number of hydrogen-bond acceptors (Lipinski definition) is 4. The molecule has 1 saturated carbocycles. The third-order valence-electron chi connectivity index (χ3n) is 7.60. The highest BCUT2D eigenvalue weighted by Crippen LogP contribution is 2.31. The summed E-state index contributed by atoms with van der Waals surface area (Å²) >= 11 is 0. The second-order valence-electron chi connectivity index (χ2n) is 10.8. The van der Waals surface area contributed by atoms with Gasteiger partial charge in [-0.25, -0.2) is 0 Å². The largest absolute Gasteiger partial charge is 0.493 e. The predicted molar refractivity (Wildman–Crippen MR) is 150 cm³/mol. The highest BCUT2D eigenvalue weighted by Gasteiger charge is 2.35. The lowest BCUT2D eigenvalue weighted by Crippen LogP contribution is -2.58. The number of nitrogens with one attached hydrogen (secondary N) is 1. The normalized spacial score (nSPS) is 17.3. The highest BCUT2D eigenvalue weighted by molar-refractivity contribution is 6.00. The Morgan fingerprint density at radius 3 is 2.54 bits per heavy atom. The van der Waals surface area contributed by atoms with E-state index in [0.717, 1.165) is 22.2 Å². The molecule has 1 saturated heterocycles. The summed E-state index contributed by atoms with van der Waals surface area (Å²) in [5, 5.41) is 0.873. The van der Waals surface area contributed by atoms with Crippen LogP contribution < -0.4 is 9.47 Å². The van der Waals surface area contributed by atoms with E-state index in [1.165, 1.54) is 25.0 Å². The van der Waals surface area contributed by atoms with E-state index in [1.807, 2.05) is 48.5 Å². The topological polar surface area (TPSA) is 74.9 Å². The van der Waals surface area contributed by atoms with Crippen molar-refractivity contribution in [1.82, 2.24) is 14.8 Å². The quantitative estimate of drug-likeness (QED) is 0.272. The van der Waals surface area contributed by atoms with E-state index < -0.39 is 6.61 Å². The minimum absolute atomic E-state index is 0.0401. The Labute approximate surface area is 236 Å². The molecule has 1 aliphatic heterocycles. The molecule has 212 valence electrons. The van der Waals surface area contributed by atoms with E-state index >= 15 is 0 Å². The summed E-state index contributed by atoms with van der Waals surface area (Å²) in [6.07, 6.45) is 2.96. The zero-order valence-electron chi connectivity index (χ0n) is 22.5. The van der Waals surface area contributed by atoms with Gasteiger partial charge in [-0.3, -0.25) is 9.59 Å². The summed E-state index contributed by atoms with van der Waals surface area (Å²) in [5.74, 6) is 0.997. The number of ether oxygens (including phenoxy) is 2. The van der Waals surface area contributed by atoms with Crippen LogP contribution in [0.15, 0.2) is 78.9 Å². The second kappa shape index (κ2) is 11.6. The van der Waals surface area contributed by atoms with Gasteiger partial charge in [0.05, 0.1) is 12.6 Å². The van der Waals surface area contributed by atoms with Crippen LogP contribution >= 0.6 is 0 Å². The van der Waals surface area contributed by atoms with E-state index in [-0.39, 0.29) is 36.7 Å². The third-order valence-corrected chi connectivity index (χ3v) is 7.60. The van der Waals surface area contributed by atoms with E-state index in [1.54, 1.807) is 28.0 Å². The van der Waals surface area contributed by atoms with E-state index in [9.17, 15) is 18.4 Å². The van der Waals surface area contributed by atoms with Crippen molar-refractivity contribution in [1.29, 1.82) is 0 Å². The average Bonchev–Trinajstić information content (AvgIpc) is 3.70. The van der Waals surface area contributed by atoms with Crippen molar-refractivity contribution in [2.24, 2.45) is 5.92 Å². The molecule has 0 spiro atoms. The van der Waals surface area contributed by atoms with Crippen molar-refractivity contribution in [2.75, 3.05) is 19.7 Å². The first-order valence-electron chi connectivity index (χ1n) is 13.8. The molecule has 0 radical (unpaired) electrons. The van der Waals surface area contributed by atoms with Crippen LogP contribution in [-0.4, -0.2) is 58.9 Å². The molecule has 41 heavy (non-hydrogen) atoms. The second-order valence-corrected chi connectivity index (χ2v) is 10.8. The fraction of sp³-hybridized carbons (Fsp3) is 0.312. The number of aromatic amines is 1. The Kier molecular flexibility index (Phi) is 7.59. The Morgan fingerprint density at radius 2 is 1.76 bits per heavy atom. The third kappa shape index (κ3) is 6.51. The molecule has 1 aromatic heterocycles. The number of H-pyrrole nitrogens is 1. The zero-order chi connectivity index (χ0) is 28.3. The van der Waals surface area contributed by atoms with Gasteiger partial charge in [0, 0.05) is 24.0 Å². The number of piperazine rings is 1. The van der Waals surface area contributed by atoms with Gasteiger partial charge in [-0.15, -0.1) is 0 Å². The number of carbonyl (C=O) groups excluding carboxylic acids is 2. The highest BCUT2D eigenvalue weighted by atomic mass is 19.3. The molecule has 1 aliphatic carbocycles. The molecule has 6 rings (SSSR count). The fourth-order valence-corrected chi connectivity index (χ4v) is 5.31. The van der Waals surface area contributed by atoms with Crippen LogP contribution in [0.5, 0.6) is 11.5 Å². The molecule has 2 heterocycles. The van der Waals surface area contributed by atoms with Crippen LogP contribution in [0.4, 0.5) is 8.78 Å². The Balaban J connectivity index is 1.21. The minimum atomic E-state index is -2.93. The van der Waals surface area contributed by atoms with Crippen molar-refractivity contribution in [3.05, 3.63) is 95.7 Å². The number of benzene rings is 3. The van der Waals surface area contributed by atoms with Gasteiger partial charge in [-0.2, -0.15) is 8.78 Å². The maximum atomic E-state index is 13.6. The van der Waals surface area contributed by atoms with Crippen molar-refractivity contribution >= 4 is 22.7 Å². The van der Waals surface area contributed by atoms with Crippen molar-refractivity contribution in [3.63, 3.8) is 0 Å². The molecular formula is C32H31F2N3O4. The van der Waals surface area contributed by atoms with E-state index in [4.69, 9.17) is 4.74 Å². The number of aromatic nitrogens is 1. The van der Waals surface area contributed by atoms with Crippen LogP contribution in [0.25, 0.3) is 10.9 Å². The van der Waals surface area contributed by atoms with Crippen molar-refractivity contribution in [2.45, 2.75) is 38.5 Å². The summed E-state index contributed by atoms with van der Waals surface area (Å²) in [6, 6.07) is 23.4. The lowest BCUT2D eigenvalue weighted by molar-refractivity contribution is -0.139. The molecule has 1 atom stereocenters. The van der Waals surface area contributed by atoms with E-state index in [0.29, 0.717) is 36.7 Å². The summed E-state index contributed by atoms with van der Waals surface area (Å²) in [4.78, 5) is 33.7. The molecule has 1 N–H and O–H groups in total. The number of carbonyl (C=O) groups is 2. The molecule has 0 bridgehead atoms. The zero-order valence-corrected chi connectivity index (χ0v) is 22.5. The Hall–Kier alpha value is -4.40. The molecule has 9 heteroatoms. The molecule has 2 fully saturated rings. The molecular weight excluding hydrogens is 528 g/mol. The lowest BCUT2D eigenvalue weighted by atomic mass is 10.0. The first kappa shape index (κ1) is 26.8. The molecule has 3 aromatic carbocycles. The average molecular weight is 560 g/mol. The van der Waals surface area contributed by atoms with Crippen LogP contribution in [-0.2, 0) is 17.8 Å². The predicted octanol–water partition coefficient (Wildman–Crippen LogP) is 5.65. The van der Waals surface area contributed by atoms with Crippen LogP contribution in [0, 0.1) is 5.92 Å². The maximum Gasteiger partial charge on any atom is 0.387 e. The summed E-state index contributed by atoms with van der Waals surface area (Å²) in [6.45, 7) is -1.76. The molecule has 4 aromatic rings. The summed E-state index contributed by atoms with van der Waals surface area (Å²) in [7, 11) is 0. The number of hydrogen-bond donors (Lipinski definition) is 1. The fourth-order valence-electron chi connectivity index (χ4n) is 5.31. The van der Waals surface area contributed by atoms with Gasteiger partial charge in [0.1, 0.15) is 23.7 Å². The SMILES string of the molecule is O=C(c1cc2cc(OCC3CC3)ccc2[nH]1)N1CC(=O)N(Cc2cccc(OC(F)F)c2)[C@@H](Cc2ccccc2)C1. The van der Waals surface area contributed by atoms with Gasteiger partial charge in [0.25, 0.3) is 5.91 Å². The van der Waals surface area contributed by atoms with Gasteiger partial charge in [-0.1, -0.05) is 42.5 Å². The minimum Gasteiger partial charge on any atom is -0.493 e. The van der Waals surface area contributed by atoms with E-state index in [2.05, 4.69) is 9.72 Å². The Morgan fingerprint density at radius 1 is 0.951 bits per heavy atom. The smallest absolute Gasteiger partial charge is 0.387 e. The number of rotatable bonds is 10. The molecule has 7 nitrogen and oxygen atoms in total. The lowest BCUT2D eigenvalue weighted by Gasteiger charge is -2.41. The van der Waals surface area contributed by atoms with Crippen LogP contribution in [0.1, 0.15) is 34.5 Å². The molecule has 2 aliphatic rings. The van der Waals surface area contributed by atoms with Crippen LogP contribution in [0.3, 0.4) is 0 Å². The van der Waals surface area contributed by atoms with Gasteiger partial charge < -0.3 is 24.3 Å². The number of alkyl halides is 2. The Bertz CT molecular complexity index is 1540. The summed E-state index contributed by atoms with van der Waals surface area (Å²) in [5.41, 5.74) is 2.94. The monoisotopic (exact) mass is 559 g/mol. The first-order valence-corrected chi connectivity index (χ1v) is 13.8. The number of halogens is 2. The van der Waals surface area contributed by atoms with Crippen molar-refractivity contribution < 1.29 is 27.8 Å². The van der Waals surface area contributed by atoms with Gasteiger partial charge in [0.2, 0.25) is 5.91 Å². The first-order chi connectivity index (χ1) is 19.9. The van der Waals surface area contributed by atoms with Gasteiger partial charge >= 0.3 is 6.61 Å². The summed E-state index contributed by atoms with van der Waals surface area (Å²) < 4.78 is 36.0. The van der Waals surface area contributed by atoms with Crippen molar-refractivity contribution in [3.8, 4) is 11.5 Å². The van der Waals surface area contributed by atoms with Gasteiger partial charge in [-0.05, 0) is 72.7 Å². The molecule has 0 unspecified atom stereocenters. The molecule has 2 amide bonds. The maximum absolute atomic E-state index is 13.6. The standard InChI is InChI=1S/C32H31F2N3O4/c33-32(34)41-27-8-4-7-23(14-27)17-37-25(13-21-5-2-1-3-6-21)18-36(19-30(37)38)31(39)29-16-24-15-26(11-12-28(24)35-29)40-20-22-9-10-22/h1-8,11-12,14-16,22,25,32,35H,9-10,13,17-20H2/t25-/m0/s1. The number of amides is 2. The number of fused-ring (bicyclic) bond motifs is 1. The van der Waals surface area contributed by atoms with Gasteiger partial charge in [0.15, 0.2) is 0 Å². The van der Waals surface area contributed by atoms with Crippen LogP contribution in [0.2, 0.25) is 0 Å².